The van der Waals surface area contributed by atoms with Crippen LogP contribution in [0.15, 0.2) is 23.8 Å². The summed E-state index contributed by atoms with van der Waals surface area (Å²) < 4.78 is 0. The highest BCUT2D eigenvalue weighted by Gasteiger charge is 1.83. The van der Waals surface area contributed by atoms with Crippen molar-refractivity contribution in [1.82, 2.24) is 0 Å². The van der Waals surface area contributed by atoms with E-state index in [1.807, 2.05) is 26.0 Å². The van der Waals surface area contributed by atoms with E-state index >= 15 is 0 Å². The van der Waals surface area contributed by atoms with E-state index in [9.17, 15) is 4.79 Å². The molecular formula is C8H13NO. The van der Waals surface area contributed by atoms with E-state index < -0.39 is 0 Å². The van der Waals surface area contributed by atoms with Crippen LogP contribution in [0.5, 0.6) is 0 Å². The van der Waals surface area contributed by atoms with Crippen molar-refractivity contribution < 1.29 is 4.79 Å². The molecule has 0 bridgehead atoms. The lowest BCUT2D eigenvalue weighted by molar-refractivity contribution is -0.117. The molecule has 0 aliphatic rings. The molecule has 2 N–H and O–H groups in total. The molecule has 0 radical (unpaired) electrons. The summed E-state index contributed by atoms with van der Waals surface area (Å²) in [5.74, 6) is -0.293. The molecule has 2 heteroatoms. The minimum atomic E-state index is -0.293. The lowest BCUT2D eigenvalue weighted by Crippen LogP contribution is -2.07. The third kappa shape index (κ3) is 6.95. The summed E-state index contributed by atoms with van der Waals surface area (Å²) in [5, 5.41) is 0. The molecule has 0 aliphatic carbocycles. The molecule has 2 nitrogen and oxygen atoms in total. The number of rotatable bonds is 3. The van der Waals surface area contributed by atoms with Gasteiger partial charge >= 0.3 is 0 Å². The van der Waals surface area contributed by atoms with Crippen LogP contribution in [0.4, 0.5) is 0 Å². The number of primary amides is 1. The molecule has 0 aromatic heterocycles. The van der Waals surface area contributed by atoms with Gasteiger partial charge in [0.15, 0.2) is 0 Å². The van der Waals surface area contributed by atoms with Crippen LogP contribution in [-0.4, -0.2) is 5.91 Å². The fourth-order valence-corrected chi connectivity index (χ4v) is 0.445. The molecule has 0 spiro atoms. The highest BCUT2D eigenvalue weighted by molar-refractivity contribution is 5.75. The fraction of sp³-hybridized carbons (Fsp3) is 0.375. The summed E-state index contributed by atoms with van der Waals surface area (Å²) in [6.45, 7) is 3.99. The van der Waals surface area contributed by atoms with E-state index in [4.69, 9.17) is 5.73 Å². The first-order valence-electron chi connectivity index (χ1n) is 3.21. The van der Waals surface area contributed by atoms with Gasteiger partial charge in [0.1, 0.15) is 0 Å². The zero-order valence-corrected chi connectivity index (χ0v) is 6.42. The van der Waals surface area contributed by atoms with Crippen LogP contribution in [0.25, 0.3) is 0 Å². The monoisotopic (exact) mass is 139 g/mol. The highest BCUT2D eigenvalue weighted by atomic mass is 16.1. The second kappa shape index (κ2) is 4.79. The molecule has 0 aromatic carbocycles. The van der Waals surface area contributed by atoms with E-state index in [-0.39, 0.29) is 5.91 Å². The van der Waals surface area contributed by atoms with E-state index in [0.29, 0.717) is 6.42 Å². The molecular weight excluding hydrogens is 126 g/mol. The zero-order valence-electron chi connectivity index (χ0n) is 6.42. The third-order valence-electron chi connectivity index (χ3n) is 0.885. The molecule has 0 saturated heterocycles. The van der Waals surface area contributed by atoms with Gasteiger partial charge in [-0.15, -0.1) is 0 Å². The number of nitrogens with two attached hydrogens (primary N) is 1. The summed E-state index contributed by atoms with van der Waals surface area (Å²) in [7, 11) is 0. The SMILES string of the molecule is CC(C)=C/C=C/CC(N)=O. The molecule has 10 heavy (non-hydrogen) atoms. The van der Waals surface area contributed by atoms with Crippen LogP contribution >= 0.6 is 0 Å². The van der Waals surface area contributed by atoms with E-state index in [0.717, 1.165) is 0 Å². The number of hydrogen-bond donors (Lipinski definition) is 1. The highest BCUT2D eigenvalue weighted by Crippen LogP contribution is 1.89. The fourth-order valence-electron chi connectivity index (χ4n) is 0.445. The summed E-state index contributed by atoms with van der Waals surface area (Å²) >= 11 is 0. The van der Waals surface area contributed by atoms with Crippen LogP contribution < -0.4 is 5.73 Å². The molecule has 0 heterocycles. The van der Waals surface area contributed by atoms with Crippen molar-refractivity contribution in [3.8, 4) is 0 Å². The molecule has 1 amide bonds. The second-order valence-electron chi connectivity index (χ2n) is 2.34. The van der Waals surface area contributed by atoms with E-state index in [1.54, 1.807) is 6.08 Å². The van der Waals surface area contributed by atoms with Crippen LogP contribution in [-0.2, 0) is 4.79 Å². The zero-order chi connectivity index (χ0) is 7.98. The van der Waals surface area contributed by atoms with E-state index in [1.165, 1.54) is 5.57 Å². The molecule has 0 aliphatic heterocycles. The Morgan fingerprint density at radius 3 is 2.50 bits per heavy atom. The third-order valence-corrected chi connectivity index (χ3v) is 0.885. The van der Waals surface area contributed by atoms with Gasteiger partial charge in [-0.25, -0.2) is 0 Å². The first-order chi connectivity index (χ1) is 4.63. The first kappa shape index (κ1) is 8.95. The van der Waals surface area contributed by atoms with Gasteiger partial charge < -0.3 is 5.73 Å². The maximum absolute atomic E-state index is 10.2. The van der Waals surface area contributed by atoms with Crippen LogP contribution in [0, 0.1) is 0 Å². The number of carbonyl (C=O) groups excluding carboxylic acids is 1. The minimum absolute atomic E-state index is 0.293. The lowest BCUT2D eigenvalue weighted by atomic mass is 10.3. The van der Waals surface area contributed by atoms with E-state index in [2.05, 4.69) is 0 Å². The summed E-state index contributed by atoms with van der Waals surface area (Å²) in [5.41, 5.74) is 6.11. The molecule has 0 aromatic rings. The van der Waals surface area contributed by atoms with Crippen molar-refractivity contribution in [1.29, 1.82) is 0 Å². The average Bonchev–Trinajstić information content (AvgIpc) is 1.79. The summed E-state index contributed by atoms with van der Waals surface area (Å²) in [6.07, 6.45) is 5.84. The average molecular weight is 139 g/mol. The van der Waals surface area contributed by atoms with Crippen molar-refractivity contribution in [2.75, 3.05) is 0 Å². The van der Waals surface area contributed by atoms with Gasteiger partial charge in [0.25, 0.3) is 0 Å². The topological polar surface area (TPSA) is 43.1 Å². The summed E-state index contributed by atoms with van der Waals surface area (Å²) in [6, 6.07) is 0. The quantitative estimate of drug-likeness (QED) is 0.590. The molecule has 0 rings (SSSR count). The van der Waals surface area contributed by atoms with Gasteiger partial charge in [0.05, 0.1) is 0 Å². The second-order valence-corrected chi connectivity index (χ2v) is 2.34. The Bertz CT molecular complexity index is 164. The van der Waals surface area contributed by atoms with Crippen LogP contribution in [0.2, 0.25) is 0 Å². The molecule has 56 valence electrons. The van der Waals surface area contributed by atoms with Gasteiger partial charge in [-0.3, -0.25) is 4.79 Å². The van der Waals surface area contributed by atoms with Crippen LogP contribution in [0.3, 0.4) is 0 Å². The number of allylic oxidation sites excluding steroid dienone is 3. The Morgan fingerprint density at radius 1 is 1.50 bits per heavy atom. The van der Waals surface area contributed by atoms with Gasteiger partial charge in [-0.2, -0.15) is 0 Å². The van der Waals surface area contributed by atoms with Crippen molar-refractivity contribution in [2.24, 2.45) is 5.73 Å². The molecule has 0 fully saturated rings. The minimum Gasteiger partial charge on any atom is -0.369 e. The van der Waals surface area contributed by atoms with Crippen LogP contribution in [0.1, 0.15) is 20.3 Å². The Labute approximate surface area is 61.4 Å². The standard InChI is InChI=1S/C8H13NO/c1-7(2)5-3-4-6-8(9)10/h3-5H,6H2,1-2H3,(H2,9,10)/b4-3+. The first-order valence-corrected chi connectivity index (χ1v) is 3.21. The van der Waals surface area contributed by atoms with Crippen molar-refractivity contribution in [2.45, 2.75) is 20.3 Å². The summed E-state index contributed by atoms with van der Waals surface area (Å²) in [4.78, 5) is 10.2. The van der Waals surface area contributed by atoms with Crippen molar-refractivity contribution in [3.63, 3.8) is 0 Å². The largest absolute Gasteiger partial charge is 0.369 e. The van der Waals surface area contributed by atoms with Crippen molar-refractivity contribution in [3.05, 3.63) is 23.8 Å². The Morgan fingerprint density at radius 2 is 2.10 bits per heavy atom. The number of carbonyl (C=O) groups is 1. The van der Waals surface area contributed by atoms with Crippen molar-refractivity contribution >= 4 is 5.91 Å². The molecule has 0 saturated carbocycles. The maximum atomic E-state index is 10.2. The lowest BCUT2D eigenvalue weighted by Gasteiger charge is -1.83. The maximum Gasteiger partial charge on any atom is 0.221 e. The Balaban J connectivity index is 3.58. The predicted molar refractivity (Wildman–Crippen MR) is 42.4 cm³/mol. The Hall–Kier alpha value is -1.05. The smallest absolute Gasteiger partial charge is 0.221 e. The molecule has 0 atom stereocenters. The molecule has 0 unspecified atom stereocenters. The predicted octanol–water partition coefficient (Wildman–Crippen LogP) is 1.38. The van der Waals surface area contributed by atoms with Gasteiger partial charge in [0, 0.05) is 6.42 Å². The van der Waals surface area contributed by atoms with Gasteiger partial charge in [-0.05, 0) is 13.8 Å². The number of amides is 1. The van der Waals surface area contributed by atoms with Gasteiger partial charge in [0.2, 0.25) is 5.91 Å². The number of hydrogen-bond acceptors (Lipinski definition) is 1. The normalized spacial score (nSPS) is 9.80. The Kier molecular flexibility index (Phi) is 4.29. The van der Waals surface area contributed by atoms with Gasteiger partial charge in [-0.1, -0.05) is 23.8 Å².